The number of hydrogen-bond acceptors (Lipinski definition) is 4. The van der Waals surface area contributed by atoms with E-state index in [0.29, 0.717) is 6.04 Å². The molecule has 0 N–H and O–H groups in total. The molecule has 22 heavy (non-hydrogen) atoms. The average molecular weight is 302 g/mol. The van der Waals surface area contributed by atoms with E-state index < -0.39 is 0 Å². The second kappa shape index (κ2) is 9.57. The molecule has 0 spiro atoms. The molecule has 0 bridgehead atoms. The molecule has 2 heterocycles. The van der Waals surface area contributed by atoms with E-state index >= 15 is 0 Å². The summed E-state index contributed by atoms with van der Waals surface area (Å²) in [6.07, 6.45) is 9.18. The minimum absolute atomic E-state index is 0.442. The lowest BCUT2D eigenvalue weighted by Crippen LogP contribution is -2.50. The molecule has 1 unspecified atom stereocenters. The Balaban J connectivity index is 1.68. The van der Waals surface area contributed by atoms with Gasteiger partial charge in [-0.1, -0.05) is 32.3 Å². The van der Waals surface area contributed by atoms with E-state index in [1.807, 2.05) is 12.3 Å². The number of nitrogens with zero attached hydrogens (tertiary/aromatic N) is 4. The fourth-order valence-electron chi connectivity index (χ4n) is 2.85. The summed E-state index contributed by atoms with van der Waals surface area (Å²) in [6, 6.07) is 6.56. The van der Waals surface area contributed by atoms with Gasteiger partial charge in [-0.2, -0.15) is 0 Å². The zero-order valence-corrected chi connectivity index (χ0v) is 14.1. The number of aromatic nitrogens is 1. The fraction of sp³-hybridized carbons (Fsp3) is 0.667. The third kappa shape index (κ3) is 5.41. The summed E-state index contributed by atoms with van der Waals surface area (Å²) < 4.78 is 0. The van der Waals surface area contributed by atoms with Crippen molar-refractivity contribution >= 4 is 12.0 Å². The van der Waals surface area contributed by atoms with Gasteiger partial charge in [0.05, 0.1) is 0 Å². The average Bonchev–Trinajstić information content (AvgIpc) is 2.59. The number of anilines is 1. The van der Waals surface area contributed by atoms with Crippen LogP contribution in [0.25, 0.3) is 0 Å². The van der Waals surface area contributed by atoms with E-state index in [2.05, 4.69) is 52.0 Å². The summed E-state index contributed by atoms with van der Waals surface area (Å²) in [5, 5.41) is 0. The highest BCUT2D eigenvalue weighted by atomic mass is 15.3. The van der Waals surface area contributed by atoms with Gasteiger partial charge in [-0.25, -0.2) is 4.98 Å². The summed E-state index contributed by atoms with van der Waals surface area (Å²) in [4.78, 5) is 13.9. The zero-order chi connectivity index (χ0) is 15.6. The molecular formula is C18H30N4. The van der Waals surface area contributed by atoms with Crippen LogP contribution in [0.3, 0.4) is 0 Å². The van der Waals surface area contributed by atoms with Crippen LogP contribution in [0.4, 0.5) is 5.82 Å². The second-order valence-corrected chi connectivity index (χ2v) is 6.07. The molecule has 0 aliphatic carbocycles. The Labute approximate surface area is 135 Å². The van der Waals surface area contributed by atoms with Crippen molar-refractivity contribution in [2.24, 2.45) is 4.99 Å². The van der Waals surface area contributed by atoms with Gasteiger partial charge in [0.2, 0.25) is 0 Å². The minimum Gasteiger partial charge on any atom is -0.354 e. The van der Waals surface area contributed by atoms with Gasteiger partial charge in [0.25, 0.3) is 0 Å². The van der Waals surface area contributed by atoms with Crippen molar-refractivity contribution < 1.29 is 0 Å². The van der Waals surface area contributed by atoms with E-state index in [1.54, 1.807) is 0 Å². The van der Waals surface area contributed by atoms with Crippen LogP contribution in [0.5, 0.6) is 0 Å². The number of rotatable bonds is 8. The molecule has 0 saturated carbocycles. The van der Waals surface area contributed by atoms with Crippen molar-refractivity contribution in [3.8, 4) is 0 Å². The first-order chi connectivity index (χ1) is 10.8. The standard InChI is InChI=1S/C18H30N4/c1-3-4-5-7-10-19-16-17(2)21-12-14-22(15-13-21)18-9-6-8-11-20-18/h6,8-9,11,16-17H,3-5,7,10,12-15H2,1-2H3. The van der Waals surface area contributed by atoms with Crippen LogP contribution in [-0.2, 0) is 0 Å². The first-order valence-corrected chi connectivity index (χ1v) is 8.71. The summed E-state index contributed by atoms with van der Waals surface area (Å²) in [5.41, 5.74) is 0. The number of piperazine rings is 1. The van der Waals surface area contributed by atoms with E-state index in [1.165, 1.54) is 25.7 Å². The Morgan fingerprint density at radius 3 is 2.68 bits per heavy atom. The van der Waals surface area contributed by atoms with Crippen LogP contribution >= 0.6 is 0 Å². The maximum absolute atomic E-state index is 4.60. The third-order valence-corrected chi connectivity index (χ3v) is 4.33. The molecule has 1 aromatic heterocycles. The van der Waals surface area contributed by atoms with E-state index in [-0.39, 0.29) is 0 Å². The Morgan fingerprint density at radius 2 is 2.00 bits per heavy atom. The van der Waals surface area contributed by atoms with Crippen molar-refractivity contribution in [3.63, 3.8) is 0 Å². The molecule has 1 atom stereocenters. The lowest BCUT2D eigenvalue weighted by Gasteiger charge is -2.37. The SMILES string of the molecule is CCCCCCN=CC(C)N1CCN(c2ccccn2)CC1. The minimum atomic E-state index is 0.442. The topological polar surface area (TPSA) is 31.7 Å². The number of hydrogen-bond donors (Lipinski definition) is 0. The van der Waals surface area contributed by atoms with Crippen LogP contribution in [-0.4, -0.2) is 54.9 Å². The Bertz CT molecular complexity index is 424. The van der Waals surface area contributed by atoms with Gasteiger partial charge < -0.3 is 4.90 Å². The maximum Gasteiger partial charge on any atom is 0.128 e. The highest BCUT2D eigenvalue weighted by Gasteiger charge is 2.20. The van der Waals surface area contributed by atoms with Crippen LogP contribution < -0.4 is 4.90 Å². The molecule has 0 amide bonds. The Hall–Kier alpha value is -1.42. The van der Waals surface area contributed by atoms with Gasteiger partial charge in [-0.15, -0.1) is 0 Å². The molecule has 122 valence electrons. The number of aliphatic imine (C=N–C) groups is 1. The van der Waals surface area contributed by atoms with Gasteiger partial charge in [0.1, 0.15) is 5.82 Å². The maximum atomic E-state index is 4.60. The van der Waals surface area contributed by atoms with Gasteiger partial charge in [-0.05, 0) is 25.5 Å². The molecule has 4 nitrogen and oxygen atoms in total. The molecule has 1 saturated heterocycles. The Kier molecular flexibility index (Phi) is 7.37. The molecule has 1 fully saturated rings. The first-order valence-electron chi connectivity index (χ1n) is 8.71. The van der Waals surface area contributed by atoms with Crippen molar-refractivity contribution in [1.82, 2.24) is 9.88 Å². The summed E-state index contributed by atoms with van der Waals surface area (Å²) in [6.45, 7) is 9.75. The first kappa shape index (κ1) is 16.9. The van der Waals surface area contributed by atoms with Crippen molar-refractivity contribution in [3.05, 3.63) is 24.4 Å². The Morgan fingerprint density at radius 1 is 1.18 bits per heavy atom. The lowest BCUT2D eigenvalue weighted by molar-refractivity contribution is 0.240. The zero-order valence-electron chi connectivity index (χ0n) is 14.1. The van der Waals surface area contributed by atoms with Crippen molar-refractivity contribution in [2.45, 2.75) is 45.6 Å². The number of unbranched alkanes of at least 4 members (excludes halogenated alkanes) is 3. The molecule has 1 aliphatic rings. The normalized spacial score (nSPS) is 18.0. The monoisotopic (exact) mass is 302 g/mol. The van der Waals surface area contributed by atoms with Crippen LogP contribution in [0.15, 0.2) is 29.4 Å². The third-order valence-electron chi connectivity index (χ3n) is 4.33. The molecule has 1 aromatic rings. The lowest BCUT2D eigenvalue weighted by atomic mass is 10.2. The predicted octanol–water partition coefficient (Wildman–Crippen LogP) is 3.24. The largest absolute Gasteiger partial charge is 0.354 e. The quantitative estimate of drug-likeness (QED) is 0.546. The van der Waals surface area contributed by atoms with Crippen LogP contribution in [0, 0.1) is 0 Å². The van der Waals surface area contributed by atoms with Gasteiger partial charge in [-0.3, -0.25) is 9.89 Å². The summed E-state index contributed by atoms with van der Waals surface area (Å²) in [7, 11) is 0. The molecule has 0 radical (unpaired) electrons. The van der Waals surface area contributed by atoms with Gasteiger partial charge in [0.15, 0.2) is 0 Å². The highest BCUT2D eigenvalue weighted by Crippen LogP contribution is 2.13. The summed E-state index contributed by atoms with van der Waals surface area (Å²) >= 11 is 0. The van der Waals surface area contributed by atoms with E-state index in [9.17, 15) is 0 Å². The van der Waals surface area contributed by atoms with Crippen molar-refractivity contribution in [1.29, 1.82) is 0 Å². The fourth-order valence-corrected chi connectivity index (χ4v) is 2.85. The molecule has 1 aliphatic heterocycles. The van der Waals surface area contributed by atoms with E-state index in [4.69, 9.17) is 0 Å². The van der Waals surface area contributed by atoms with Crippen LogP contribution in [0.1, 0.15) is 39.5 Å². The van der Waals surface area contributed by atoms with E-state index in [0.717, 1.165) is 38.5 Å². The van der Waals surface area contributed by atoms with Gasteiger partial charge in [0, 0.05) is 51.2 Å². The molecular weight excluding hydrogens is 272 g/mol. The molecule has 2 rings (SSSR count). The predicted molar refractivity (Wildman–Crippen MR) is 95.0 cm³/mol. The molecule has 4 heteroatoms. The van der Waals surface area contributed by atoms with Gasteiger partial charge >= 0.3 is 0 Å². The smallest absolute Gasteiger partial charge is 0.128 e. The number of pyridine rings is 1. The summed E-state index contributed by atoms with van der Waals surface area (Å²) in [5.74, 6) is 1.10. The van der Waals surface area contributed by atoms with Crippen molar-refractivity contribution in [2.75, 3.05) is 37.6 Å². The second-order valence-electron chi connectivity index (χ2n) is 6.07. The molecule has 0 aromatic carbocycles. The van der Waals surface area contributed by atoms with Crippen LogP contribution in [0.2, 0.25) is 0 Å². The highest BCUT2D eigenvalue weighted by molar-refractivity contribution is 5.63.